The summed E-state index contributed by atoms with van der Waals surface area (Å²) in [5.41, 5.74) is 1.09. The molecule has 0 aromatic carbocycles. The minimum absolute atomic E-state index is 0.00463. The monoisotopic (exact) mass is 234 g/mol. The van der Waals surface area contributed by atoms with Crippen molar-refractivity contribution < 1.29 is 4.79 Å². The van der Waals surface area contributed by atoms with Crippen LogP contribution in [0.3, 0.4) is 0 Å². The number of amides is 1. The van der Waals surface area contributed by atoms with E-state index < -0.39 is 0 Å². The molecule has 2 rings (SSSR count). The smallest absolute Gasteiger partial charge is 0.239 e. The number of nitrogens with one attached hydrogen (secondary N) is 2. The first-order valence-corrected chi connectivity index (χ1v) is 5.89. The lowest BCUT2D eigenvalue weighted by Gasteiger charge is -2.26. The lowest BCUT2D eigenvalue weighted by atomic mass is 10.3. The van der Waals surface area contributed by atoms with Crippen molar-refractivity contribution in [3.63, 3.8) is 0 Å². The molecule has 5 nitrogen and oxygen atoms in total. The van der Waals surface area contributed by atoms with Gasteiger partial charge in [-0.15, -0.1) is 0 Å². The average Bonchev–Trinajstić information content (AvgIpc) is 2.30. The number of carbonyl (C=O) groups excluding carboxylic acids is 1. The highest BCUT2D eigenvalue weighted by Gasteiger charge is 2.13. The number of aryl methyl sites for hydroxylation is 1. The molecule has 1 fully saturated rings. The van der Waals surface area contributed by atoms with Gasteiger partial charge in [-0.1, -0.05) is 0 Å². The van der Waals surface area contributed by atoms with Crippen molar-refractivity contribution >= 4 is 11.7 Å². The maximum atomic E-state index is 11.8. The summed E-state index contributed by atoms with van der Waals surface area (Å²) in [5, 5.41) is 6.08. The summed E-state index contributed by atoms with van der Waals surface area (Å²) in [5.74, 6) is 0.634. The van der Waals surface area contributed by atoms with Crippen LogP contribution in [0.2, 0.25) is 0 Å². The third-order valence-corrected chi connectivity index (χ3v) is 2.76. The molecule has 1 aromatic heterocycles. The van der Waals surface area contributed by atoms with E-state index in [0.29, 0.717) is 12.4 Å². The summed E-state index contributed by atoms with van der Waals surface area (Å²) in [6, 6.07) is 3.78. The molecule has 0 spiro atoms. The van der Waals surface area contributed by atoms with E-state index in [2.05, 4.69) is 20.5 Å². The topological polar surface area (TPSA) is 57.3 Å². The third kappa shape index (κ3) is 3.80. The van der Waals surface area contributed by atoms with Crippen LogP contribution in [0, 0.1) is 6.92 Å². The number of hydrogen-bond acceptors (Lipinski definition) is 4. The predicted molar refractivity (Wildman–Crippen MR) is 66.9 cm³/mol. The minimum atomic E-state index is 0.00463. The Hall–Kier alpha value is -1.46. The Bertz CT molecular complexity index is 388. The van der Waals surface area contributed by atoms with E-state index >= 15 is 0 Å². The number of rotatable bonds is 3. The number of nitrogens with zero attached hydrogens (tertiary/aromatic N) is 2. The van der Waals surface area contributed by atoms with E-state index in [-0.39, 0.29) is 5.91 Å². The second-order valence-corrected chi connectivity index (χ2v) is 4.29. The Balaban J connectivity index is 1.84. The first-order chi connectivity index (χ1) is 8.24. The largest absolute Gasteiger partial charge is 0.314 e. The Labute approximate surface area is 101 Å². The predicted octanol–water partition coefficient (Wildman–Crippen LogP) is 0.234. The molecule has 0 saturated carbocycles. The molecule has 5 heteroatoms. The number of hydrogen-bond donors (Lipinski definition) is 2. The molecule has 1 aromatic rings. The van der Waals surface area contributed by atoms with Gasteiger partial charge in [0.1, 0.15) is 5.82 Å². The van der Waals surface area contributed by atoms with Gasteiger partial charge >= 0.3 is 0 Å². The van der Waals surface area contributed by atoms with Gasteiger partial charge in [-0.25, -0.2) is 4.98 Å². The average molecular weight is 234 g/mol. The second kappa shape index (κ2) is 5.75. The number of carbonyl (C=O) groups is 1. The molecule has 1 saturated heterocycles. The molecule has 17 heavy (non-hydrogen) atoms. The summed E-state index contributed by atoms with van der Waals surface area (Å²) < 4.78 is 0. The fourth-order valence-electron chi connectivity index (χ4n) is 1.86. The van der Waals surface area contributed by atoms with E-state index in [1.54, 1.807) is 6.20 Å². The van der Waals surface area contributed by atoms with Crippen molar-refractivity contribution in [3.8, 4) is 0 Å². The van der Waals surface area contributed by atoms with Crippen molar-refractivity contribution in [1.82, 2.24) is 15.2 Å². The Morgan fingerprint density at radius 2 is 2.29 bits per heavy atom. The normalized spacial score (nSPS) is 16.8. The summed E-state index contributed by atoms with van der Waals surface area (Å²) in [6.07, 6.45) is 1.70. The minimum Gasteiger partial charge on any atom is -0.314 e. The fourth-order valence-corrected chi connectivity index (χ4v) is 1.86. The zero-order valence-electron chi connectivity index (χ0n) is 10.1. The fraction of sp³-hybridized carbons (Fsp3) is 0.500. The highest BCUT2D eigenvalue weighted by Crippen LogP contribution is 2.05. The van der Waals surface area contributed by atoms with Crippen LogP contribution >= 0.6 is 0 Å². The summed E-state index contributed by atoms with van der Waals surface area (Å²) in [7, 11) is 0. The summed E-state index contributed by atoms with van der Waals surface area (Å²) in [4.78, 5) is 18.0. The van der Waals surface area contributed by atoms with Crippen LogP contribution in [-0.4, -0.2) is 48.5 Å². The van der Waals surface area contributed by atoms with Gasteiger partial charge in [-0.2, -0.15) is 0 Å². The van der Waals surface area contributed by atoms with Crippen LogP contribution in [-0.2, 0) is 4.79 Å². The highest BCUT2D eigenvalue weighted by molar-refractivity contribution is 5.91. The van der Waals surface area contributed by atoms with Crippen LogP contribution in [0.1, 0.15) is 5.56 Å². The van der Waals surface area contributed by atoms with Crippen LogP contribution in [0.25, 0.3) is 0 Å². The standard InChI is InChI=1S/C12H18N4O/c1-10-2-3-14-11(8-10)15-12(17)9-16-6-4-13-5-7-16/h2-3,8,13H,4-7,9H2,1H3,(H,14,15,17). The van der Waals surface area contributed by atoms with Crippen molar-refractivity contribution in [2.75, 3.05) is 38.0 Å². The Kier molecular flexibility index (Phi) is 4.06. The lowest BCUT2D eigenvalue weighted by molar-refractivity contribution is -0.117. The van der Waals surface area contributed by atoms with Gasteiger partial charge in [0, 0.05) is 32.4 Å². The van der Waals surface area contributed by atoms with Gasteiger partial charge in [0.2, 0.25) is 5.91 Å². The molecule has 1 amide bonds. The van der Waals surface area contributed by atoms with Crippen molar-refractivity contribution in [2.24, 2.45) is 0 Å². The van der Waals surface area contributed by atoms with Crippen LogP contribution < -0.4 is 10.6 Å². The highest BCUT2D eigenvalue weighted by atomic mass is 16.2. The van der Waals surface area contributed by atoms with E-state index in [1.165, 1.54) is 0 Å². The van der Waals surface area contributed by atoms with Gasteiger partial charge in [-0.05, 0) is 24.6 Å². The molecule has 92 valence electrons. The van der Waals surface area contributed by atoms with Crippen LogP contribution in [0.15, 0.2) is 18.3 Å². The molecule has 1 aliphatic rings. The van der Waals surface area contributed by atoms with Gasteiger partial charge < -0.3 is 10.6 Å². The number of piperazine rings is 1. The van der Waals surface area contributed by atoms with E-state index in [9.17, 15) is 4.79 Å². The lowest BCUT2D eigenvalue weighted by Crippen LogP contribution is -2.46. The summed E-state index contributed by atoms with van der Waals surface area (Å²) >= 11 is 0. The Morgan fingerprint density at radius 3 is 3.00 bits per heavy atom. The zero-order valence-corrected chi connectivity index (χ0v) is 10.1. The van der Waals surface area contributed by atoms with Crippen molar-refractivity contribution in [2.45, 2.75) is 6.92 Å². The molecular formula is C12H18N4O. The Morgan fingerprint density at radius 1 is 1.53 bits per heavy atom. The molecular weight excluding hydrogens is 216 g/mol. The first kappa shape index (κ1) is 12.0. The molecule has 2 heterocycles. The first-order valence-electron chi connectivity index (χ1n) is 5.89. The van der Waals surface area contributed by atoms with Crippen molar-refractivity contribution in [3.05, 3.63) is 23.9 Å². The van der Waals surface area contributed by atoms with Gasteiger partial charge in [-0.3, -0.25) is 9.69 Å². The van der Waals surface area contributed by atoms with Gasteiger partial charge in [0.05, 0.1) is 6.54 Å². The van der Waals surface area contributed by atoms with E-state index in [1.807, 2.05) is 19.1 Å². The molecule has 0 radical (unpaired) electrons. The van der Waals surface area contributed by atoms with Crippen LogP contribution in [0.5, 0.6) is 0 Å². The summed E-state index contributed by atoms with van der Waals surface area (Å²) in [6.45, 7) is 6.18. The van der Waals surface area contributed by atoms with E-state index in [0.717, 1.165) is 31.7 Å². The molecule has 0 aliphatic carbocycles. The number of aromatic nitrogens is 1. The molecule has 2 N–H and O–H groups in total. The maximum Gasteiger partial charge on any atom is 0.239 e. The quantitative estimate of drug-likeness (QED) is 0.786. The maximum absolute atomic E-state index is 11.8. The molecule has 0 bridgehead atoms. The van der Waals surface area contributed by atoms with Crippen LogP contribution in [0.4, 0.5) is 5.82 Å². The van der Waals surface area contributed by atoms with Gasteiger partial charge in [0.15, 0.2) is 0 Å². The third-order valence-electron chi connectivity index (χ3n) is 2.76. The van der Waals surface area contributed by atoms with E-state index in [4.69, 9.17) is 0 Å². The SMILES string of the molecule is Cc1ccnc(NC(=O)CN2CCNCC2)c1. The second-order valence-electron chi connectivity index (χ2n) is 4.29. The zero-order chi connectivity index (χ0) is 12.1. The van der Waals surface area contributed by atoms with Gasteiger partial charge in [0.25, 0.3) is 0 Å². The number of pyridine rings is 1. The van der Waals surface area contributed by atoms with Crippen molar-refractivity contribution in [1.29, 1.82) is 0 Å². The number of anilines is 1. The molecule has 0 atom stereocenters. The molecule has 0 unspecified atom stereocenters. The molecule has 1 aliphatic heterocycles.